The van der Waals surface area contributed by atoms with Gasteiger partial charge in [-0.3, -0.25) is 4.21 Å². The molecule has 1 heterocycles. The molecule has 0 aromatic heterocycles. The first kappa shape index (κ1) is 15.1. The van der Waals surface area contributed by atoms with E-state index in [0.29, 0.717) is 0 Å². The van der Waals surface area contributed by atoms with Crippen molar-refractivity contribution in [2.24, 2.45) is 0 Å². The molecule has 5 heteroatoms. The maximum absolute atomic E-state index is 11.2. The third-order valence-electron chi connectivity index (χ3n) is 2.97. The van der Waals surface area contributed by atoms with Crippen molar-refractivity contribution in [1.29, 1.82) is 0 Å². The van der Waals surface area contributed by atoms with Crippen LogP contribution in [-0.2, 0) is 15.5 Å². The van der Waals surface area contributed by atoms with Gasteiger partial charge in [-0.15, -0.1) is 0 Å². The van der Waals surface area contributed by atoms with Gasteiger partial charge >= 0.3 is 0 Å². The van der Waals surface area contributed by atoms with Gasteiger partial charge in [0.2, 0.25) is 0 Å². The molecule has 17 heavy (non-hydrogen) atoms. The number of nitrogens with zero attached hydrogens (tertiary/aromatic N) is 1. The lowest BCUT2D eigenvalue weighted by molar-refractivity contribution is 0.143. The normalized spacial score (nSPS) is 18.6. The Morgan fingerprint density at radius 3 is 2.71 bits per heavy atom. The van der Waals surface area contributed by atoms with Crippen molar-refractivity contribution in [3.8, 4) is 0 Å². The van der Waals surface area contributed by atoms with Crippen molar-refractivity contribution in [3.05, 3.63) is 0 Å². The number of hydrogen-bond acceptors (Lipinski definition) is 4. The van der Waals surface area contributed by atoms with Gasteiger partial charge in [0.1, 0.15) is 0 Å². The highest BCUT2D eigenvalue weighted by atomic mass is 32.2. The average molecular weight is 262 g/mol. The van der Waals surface area contributed by atoms with Crippen molar-refractivity contribution in [3.63, 3.8) is 0 Å². The van der Waals surface area contributed by atoms with E-state index in [1.54, 1.807) is 0 Å². The van der Waals surface area contributed by atoms with Crippen molar-refractivity contribution < 1.29 is 8.95 Å². The summed E-state index contributed by atoms with van der Waals surface area (Å²) in [6.45, 7) is 8.94. The Hall–Kier alpha value is 0.0300. The zero-order valence-electron chi connectivity index (χ0n) is 11.0. The predicted octanol–water partition coefficient (Wildman–Crippen LogP) is 0.457. The summed E-state index contributed by atoms with van der Waals surface area (Å²) in [5, 5.41) is 3.45. The van der Waals surface area contributed by atoms with E-state index in [2.05, 4.69) is 10.2 Å². The van der Waals surface area contributed by atoms with Crippen LogP contribution in [0.1, 0.15) is 19.8 Å². The Labute approximate surface area is 108 Å². The Bertz CT molecular complexity index is 205. The summed E-state index contributed by atoms with van der Waals surface area (Å²) in [5.74, 6) is 1.71. The van der Waals surface area contributed by atoms with E-state index >= 15 is 0 Å². The molecule has 0 atom stereocenters. The summed E-state index contributed by atoms with van der Waals surface area (Å²) in [6, 6.07) is 0. The van der Waals surface area contributed by atoms with E-state index in [0.717, 1.165) is 63.9 Å². The van der Waals surface area contributed by atoms with Gasteiger partial charge in [0, 0.05) is 61.7 Å². The van der Waals surface area contributed by atoms with Crippen molar-refractivity contribution in [1.82, 2.24) is 10.2 Å². The van der Waals surface area contributed by atoms with E-state index in [1.807, 2.05) is 6.92 Å². The third kappa shape index (κ3) is 7.86. The van der Waals surface area contributed by atoms with Gasteiger partial charge in [0.25, 0.3) is 0 Å². The molecule has 4 nitrogen and oxygen atoms in total. The molecular formula is C12H26N2O2S. The standard InChI is InChI=1S/C12H26N2O2S/c1-2-16-10-4-3-5-13-6-7-14-8-11-17(15)12-9-14/h13H,2-12H2,1H3. The van der Waals surface area contributed by atoms with Gasteiger partial charge < -0.3 is 15.0 Å². The summed E-state index contributed by atoms with van der Waals surface area (Å²) < 4.78 is 16.4. The van der Waals surface area contributed by atoms with Gasteiger partial charge in [0.05, 0.1) is 0 Å². The summed E-state index contributed by atoms with van der Waals surface area (Å²) in [6.07, 6.45) is 2.33. The van der Waals surface area contributed by atoms with Crippen LogP contribution < -0.4 is 5.32 Å². The van der Waals surface area contributed by atoms with Crippen molar-refractivity contribution in [2.75, 3.05) is 57.4 Å². The second-order valence-corrected chi connectivity index (χ2v) is 6.04. The molecule has 1 aliphatic heterocycles. The first-order valence-corrected chi connectivity index (χ1v) is 8.17. The lowest BCUT2D eigenvalue weighted by Crippen LogP contribution is -2.41. The van der Waals surface area contributed by atoms with Gasteiger partial charge in [-0.25, -0.2) is 0 Å². The van der Waals surface area contributed by atoms with Crippen LogP contribution in [0, 0.1) is 0 Å². The van der Waals surface area contributed by atoms with Gasteiger partial charge in [0.15, 0.2) is 0 Å². The Kier molecular flexibility index (Phi) is 8.88. The molecule has 0 amide bonds. The zero-order valence-corrected chi connectivity index (χ0v) is 11.8. The predicted molar refractivity (Wildman–Crippen MR) is 72.9 cm³/mol. The van der Waals surface area contributed by atoms with Crippen LogP contribution in [0.5, 0.6) is 0 Å². The number of ether oxygens (including phenoxy) is 1. The molecule has 1 fully saturated rings. The molecule has 0 aromatic carbocycles. The first-order chi connectivity index (χ1) is 8.33. The van der Waals surface area contributed by atoms with Gasteiger partial charge in [-0.1, -0.05) is 0 Å². The number of hydrogen-bond donors (Lipinski definition) is 1. The minimum absolute atomic E-state index is 0.551. The maximum atomic E-state index is 11.2. The van der Waals surface area contributed by atoms with Crippen LogP contribution in [0.15, 0.2) is 0 Å². The average Bonchev–Trinajstić information content (AvgIpc) is 2.35. The van der Waals surface area contributed by atoms with Crippen LogP contribution in [0.3, 0.4) is 0 Å². The molecule has 0 bridgehead atoms. The highest BCUT2D eigenvalue weighted by molar-refractivity contribution is 7.85. The highest BCUT2D eigenvalue weighted by Gasteiger charge is 2.13. The van der Waals surface area contributed by atoms with Gasteiger partial charge in [-0.2, -0.15) is 0 Å². The molecule has 0 unspecified atom stereocenters. The molecule has 0 radical (unpaired) electrons. The SMILES string of the molecule is CCOCCCCNCCN1CCS(=O)CC1. The quantitative estimate of drug-likeness (QED) is 0.613. The summed E-state index contributed by atoms with van der Waals surface area (Å²) in [5.41, 5.74) is 0. The molecule has 0 aromatic rings. The monoisotopic (exact) mass is 262 g/mol. The molecule has 0 saturated carbocycles. The van der Waals surface area contributed by atoms with Crippen molar-refractivity contribution in [2.45, 2.75) is 19.8 Å². The first-order valence-electron chi connectivity index (χ1n) is 6.68. The molecule has 1 N–H and O–H groups in total. The van der Waals surface area contributed by atoms with Crippen LogP contribution in [-0.4, -0.2) is 66.6 Å². The van der Waals surface area contributed by atoms with E-state index in [-0.39, 0.29) is 0 Å². The highest BCUT2D eigenvalue weighted by Crippen LogP contribution is 1.98. The molecule has 0 spiro atoms. The molecule has 1 aliphatic rings. The Balaban J connectivity index is 1.82. The van der Waals surface area contributed by atoms with Crippen LogP contribution in [0.2, 0.25) is 0 Å². The maximum Gasteiger partial charge on any atom is 0.0466 e. The summed E-state index contributed by atoms with van der Waals surface area (Å²) in [4.78, 5) is 2.40. The van der Waals surface area contributed by atoms with E-state index in [4.69, 9.17) is 4.74 Å². The fraction of sp³-hybridized carbons (Fsp3) is 1.00. The topological polar surface area (TPSA) is 41.6 Å². The Morgan fingerprint density at radius 1 is 1.24 bits per heavy atom. The number of nitrogens with one attached hydrogen (secondary N) is 1. The molecule has 1 saturated heterocycles. The smallest absolute Gasteiger partial charge is 0.0466 e. The van der Waals surface area contributed by atoms with E-state index < -0.39 is 10.8 Å². The number of rotatable bonds is 9. The summed E-state index contributed by atoms with van der Waals surface area (Å²) in [7, 11) is -0.551. The second kappa shape index (κ2) is 10.00. The molecule has 102 valence electrons. The number of unbranched alkanes of at least 4 members (excludes halogenated alkanes) is 1. The van der Waals surface area contributed by atoms with E-state index in [1.165, 1.54) is 6.42 Å². The second-order valence-electron chi connectivity index (χ2n) is 4.34. The van der Waals surface area contributed by atoms with Crippen LogP contribution in [0.25, 0.3) is 0 Å². The fourth-order valence-corrected chi connectivity index (χ4v) is 2.99. The minimum atomic E-state index is -0.551. The lowest BCUT2D eigenvalue weighted by Gasteiger charge is -2.26. The van der Waals surface area contributed by atoms with Crippen LogP contribution in [0.4, 0.5) is 0 Å². The largest absolute Gasteiger partial charge is 0.382 e. The minimum Gasteiger partial charge on any atom is -0.382 e. The zero-order chi connectivity index (χ0) is 12.3. The lowest BCUT2D eigenvalue weighted by atomic mass is 10.3. The summed E-state index contributed by atoms with van der Waals surface area (Å²) >= 11 is 0. The molecule has 0 aliphatic carbocycles. The van der Waals surface area contributed by atoms with Gasteiger partial charge in [-0.05, 0) is 26.3 Å². The fourth-order valence-electron chi connectivity index (χ4n) is 1.86. The van der Waals surface area contributed by atoms with E-state index in [9.17, 15) is 4.21 Å². The van der Waals surface area contributed by atoms with Crippen molar-refractivity contribution >= 4 is 10.8 Å². The molecule has 1 rings (SSSR count). The Morgan fingerprint density at radius 2 is 2.00 bits per heavy atom. The molecular weight excluding hydrogens is 236 g/mol. The third-order valence-corrected chi connectivity index (χ3v) is 4.25. The van der Waals surface area contributed by atoms with Crippen LogP contribution >= 0.6 is 0 Å².